The fraction of sp³-hybridized carbons (Fsp3) is 0.600. The van der Waals surface area contributed by atoms with Gasteiger partial charge in [0.05, 0.1) is 0 Å². The Hall–Kier alpha value is -1.52. The topological polar surface area (TPSA) is 52.9 Å². The highest BCUT2D eigenvalue weighted by molar-refractivity contribution is 5.61. The third kappa shape index (κ3) is 1.66. The van der Waals surface area contributed by atoms with Gasteiger partial charge in [-0.1, -0.05) is 31.6 Å². The van der Waals surface area contributed by atoms with Crippen LogP contribution in [0.5, 0.6) is 11.5 Å². The number of benzene rings is 1. The van der Waals surface area contributed by atoms with Gasteiger partial charge in [0, 0.05) is 22.9 Å². The van der Waals surface area contributed by atoms with Crippen molar-refractivity contribution in [3.63, 3.8) is 0 Å². The maximum atomic E-state index is 10.6. The minimum Gasteiger partial charge on any atom is -0.504 e. The van der Waals surface area contributed by atoms with Crippen LogP contribution in [0.15, 0.2) is 24.3 Å². The Kier molecular flexibility index (Phi) is 3.08. The smallest absolute Gasteiger partial charge is 0.165 e. The van der Waals surface area contributed by atoms with E-state index in [0.717, 1.165) is 25.9 Å². The largest absolute Gasteiger partial charge is 0.504 e. The zero-order chi connectivity index (χ0) is 16.5. The van der Waals surface area contributed by atoms with Crippen LogP contribution < -0.4 is 4.74 Å². The lowest BCUT2D eigenvalue weighted by molar-refractivity contribution is -0.0518. The van der Waals surface area contributed by atoms with E-state index in [1.54, 1.807) is 6.07 Å². The third-order valence-corrected chi connectivity index (χ3v) is 6.79. The van der Waals surface area contributed by atoms with Crippen molar-refractivity contribution in [2.45, 2.75) is 56.3 Å². The Morgan fingerprint density at radius 3 is 3.04 bits per heavy atom. The molecular weight excluding hydrogens is 302 g/mol. The molecular formula is C20H25NO3. The van der Waals surface area contributed by atoms with Crippen LogP contribution >= 0.6 is 0 Å². The first kappa shape index (κ1) is 14.8. The molecule has 5 atom stereocenters. The van der Waals surface area contributed by atoms with Gasteiger partial charge in [-0.3, -0.25) is 4.90 Å². The molecule has 5 unspecified atom stereocenters. The first-order valence-electron chi connectivity index (χ1n) is 9.29. The minimum absolute atomic E-state index is 0.163. The van der Waals surface area contributed by atoms with Crippen molar-refractivity contribution in [3.8, 4) is 11.5 Å². The first-order chi connectivity index (χ1) is 11.7. The summed E-state index contributed by atoms with van der Waals surface area (Å²) in [6, 6.07) is 4.30. The second-order valence-electron chi connectivity index (χ2n) is 7.84. The number of likely N-dealkylation sites (tertiary alicyclic amines) is 1. The summed E-state index contributed by atoms with van der Waals surface area (Å²) >= 11 is 0. The number of ether oxygens (including phenoxy) is 1. The summed E-state index contributed by atoms with van der Waals surface area (Å²) < 4.78 is 6.17. The number of rotatable bonds is 3. The molecule has 1 aromatic rings. The summed E-state index contributed by atoms with van der Waals surface area (Å²) in [6.45, 7) is 4.44. The standard InChI is InChI=1S/C20H25NO3/c1-2-3-9-21-10-8-20-13-5-7-16(23)19(20)24-18-15(22)6-4-12(17(18)20)11-14(13)21/h4-7,13-14,16,19,22-23H,2-3,8-11H2,1H3. The number of unbranched alkanes of at least 4 members (excludes halogenated alkanes) is 1. The summed E-state index contributed by atoms with van der Waals surface area (Å²) in [5.41, 5.74) is 2.32. The molecule has 2 aliphatic heterocycles. The maximum absolute atomic E-state index is 10.6. The van der Waals surface area contributed by atoms with Crippen LogP contribution in [0.25, 0.3) is 0 Å². The highest BCUT2D eigenvalue weighted by Crippen LogP contribution is 2.62. The van der Waals surface area contributed by atoms with Gasteiger partial charge in [-0.05, 0) is 44.0 Å². The molecule has 1 fully saturated rings. The molecule has 1 aromatic carbocycles. The highest BCUT2D eigenvalue weighted by Gasteiger charge is 2.64. The van der Waals surface area contributed by atoms with Gasteiger partial charge >= 0.3 is 0 Å². The van der Waals surface area contributed by atoms with E-state index in [0.29, 0.717) is 17.7 Å². The Morgan fingerprint density at radius 2 is 2.21 bits per heavy atom. The number of hydrogen-bond acceptors (Lipinski definition) is 4. The van der Waals surface area contributed by atoms with Crippen molar-refractivity contribution in [3.05, 3.63) is 35.4 Å². The van der Waals surface area contributed by atoms with Gasteiger partial charge in [0.2, 0.25) is 0 Å². The average molecular weight is 327 g/mol. The third-order valence-electron chi connectivity index (χ3n) is 6.79. The van der Waals surface area contributed by atoms with Crippen molar-refractivity contribution in [1.82, 2.24) is 4.90 Å². The summed E-state index contributed by atoms with van der Waals surface area (Å²) in [5.74, 6) is 1.22. The second-order valence-corrected chi connectivity index (χ2v) is 7.84. The Bertz CT molecular complexity index is 715. The van der Waals surface area contributed by atoms with Crippen LogP contribution in [0, 0.1) is 5.92 Å². The molecule has 128 valence electrons. The van der Waals surface area contributed by atoms with Gasteiger partial charge in [-0.15, -0.1) is 0 Å². The summed E-state index contributed by atoms with van der Waals surface area (Å²) in [4.78, 5) is 2.65. The average Bonchev–Trinajstić information content (AvgIpc) is 2.93. The molecule has 2 aliphatic carbocycles. The molecule has 4 aliphatic rings. The van der Waals surface area contributed by atoms with E-state index >= 15 is 0 Å². The van der Waals surface area contributed by atoms with Gasteiger partial charge in [-0.25, -0.2) is 0 Å². The van der Waals surface area contributed by atoms with Gasteiger partial charge in [0.15, 0.2) is 11.5 Å². The first-order valence-corrected chi connectivity index (χ1v) is 9.29. The highest BCUT2D eigenvalue weighted by atomic mass is 16.5. The predicted molar refractivity (Wildman–Crippen MR) is 91.4 cm³/mol. The van der Waals surface area contributed by atoms with E-state index in [2.05, 4.69) is 24.0 Å². The maximum Gasteiger partial charge on any atom is 0.165 e. The molecule has 1 saturated heterocycles. The molecule has 5 rings (SSSR count). The molecule has 0 saturated carbocycles. The van der Waals surface area contributed by atoms with E-state index < -0.39 is 6.10 Å². The van der Waals surface area contributed by atoms with Crippen molar-refractivity contribution in [2.24, 2.45) is 5.92 Å². The quantitative estimate of drug-likeness (QED) is 0.837. The number of piperidine rings is 1. The minimum atomic E-state index is -0.596. The van der Waals surface area contributed by atoms with Crippen molar-refractivity contribution in [1.29, 1.82) is 0 Å². The van der Waals surface area contributed by atoms with Gasteiger partial charge in [0.25, 0.3) is 0 Å². The van der Waals surface area contributed by atoms with Crippen LogP contribution in [-0.2, 0) is 11.8 Å². The second kappa shape index (κ2) is 4.99. The van der Waals surface area contributed by atoms with Crippen LogP contribution in [-0.4, -0.2) is 46.5 Å². The molecule has 4 nitrogen and oxygen atoms in total. The number of phenols is 1. The number of nitrogens with zero attached hydrogens (tertiary/aromatic N) is 1. The van der Waals surface area contributed by atoms with Crippen LogP contribution in [0.4, 0.5) is 0 Å². The lowest BCUT2D eigenvalue weighted by Crippen LogP contribution is -2.65. The molecule has 0 aromatic heterocycles. The SMILES string of the molecule is CCCCN1CCC23c4c5ccc(O)c4OC2C(O)C=CC3C1C5. The lowest BCUT2D eigenvalue weighted by Gasteiger charge is -2.57. The summed E-state index contributed by atoms with van der Waals surface area (Å²) in [5, 5.41) is 20.9. The van der Waals surface area contributed by atoms with Crippen LogP contribution in [0.3, 0.4) is 0 Å². The molecule has 2 bridgehead atoms. The summed E-state index contributed by atoms with van der Waals surface area (Å²) in [6.07, 6.45) is 7.74. The zero-order valence-electron chi connectivity index (χ0n) is 14.1. The molecule has 0 radical (unpaired) electrons. The molecule has 2 heterocycles. The Balaban J connectivity index is 1.68. The number of phenolic OH excluding ortho intramolecular Hbond substituents is 1. The van der Waals surface area contributed by atoms with Crippen LogP contribution in [0.2, 0.25) is 0 Å². The molecule has 2 N–H and O–H groups in total. The van der Waals surface area contributed by atoms with Crippen LogP contribution in [0.1, 0.15) is 37.3 Å². The van der Waals surface area contributed by atoms with Crippen molar-refractivity contribution < 1.29 is 14.9 Å². The van der Waals surface area contributed by atoms with E-state index in [1.807, 2.05) is 6.08 Å². The molecule has 24 heavy (non-hydrogen) atoms. The van der Waals surface area contributed by atoms with Gasteiger partial charge in [0.1, 0.15) is 12.2 Å². The lowest BCUT2D eigenvalue weighted by atomic mass is 9.53. The number of aromatic hydroxyl groups is 1. The van der Waals surface area contributed by atoms with E-state index in [1.165, 1.54) is 24.0 Å². The van der Waals surface area contributed by atoms with Gasteiger partial charge in [-0.2, -0.15) is 0 Å². The zero-order valence-corrected chi connectivity index (χ0v) is 14.1. The fourth-order valence-corrected chi connectivity index (χ4v) is 5.77. The predicted octanol–water partition coefficient (Wildman–Crippen LogP) is 2.37. The monoisotopic (exact) mass is 327 g/mol. The van der Waals surface area contributed by atoms with E-state index in [9.17, 15) is 10.2 Å². The molecule has 0 amide bonds. The van der Waals surface area contributed by atoms with Crippen molar-refractivity contribution >= 4 is 0 Å². The normalized spacial score (nSPS) is 38.8. The molecule has 4 heteroatoms. The Morgan fingerprint density at radius 1 is 1.33 bits per heavy atom. The fourth-order valence-electron chi connectivity index (χ4n) is 5.77. The Labute approximate surface area is 142 Å². The number of aliphatic hydroxyl groups excluding tert-OH is 1. The van der Waals surface area contributed by atoms with E-state index in [-0.39, 0.29) is 17.3 Å². The molecule has 1 spiro atoms. The summed E-state index contributed by atoms with van der Waals surface area (Å²) in [7, 11) is 0. The number of hydrogen-bond donors (Lipinski definition) is 2. The van der Waals surface area contributed by atoms with Gasteiger partial charge < -0.3 is 14.9 Å². The number of aliphatic hydroxyl groups is 1. The van der Waals surface area contributed by atoms with Crippen molar-refractivity contribution in [2.75, 3.05) is 13.1 Å². The van der Waals surface area contributed by atoms with E-state index in [4.69, 9.17) is 4.74 Å².